The normalized spacial score (nSPS) is 11.0. The number of rotatable bonds is 4. The topological polar surface area (TPSA) is 59.8 Å². The number of thiophene rings is 1. The molecule has 0 saturated heterocycles. The van der Waals surface area contributed by atoms with Crippen LogP contribution in [0.5, 0.6) is 0 Å². The van der Waals surface area contributed by atoms with E-state index in [2.05, 4.69) is 21.7 Å². The molecule has 0 spiro atoms. The van der Waals surface area contributed by atoms with Gasteiger partial charge in [-0.25, -0.2) is 4.68 Å². The number of nitrogens with zero attached hydrogens (tertiary/aromatic N) is 3. The predicted molar refractivity (Wildman–Crippen MR) is 83.4 cm³/mol. The smallest absolute Gasteiger partial charge is 0.251 e. The van der Waals surface area contributed by atoms with Gasteiger partial charge in [-0.1, -0.05) is 5.21 Å². The molecule has 0 saturated carbocycles. The van der Waals surface area contributed by atoms with Gasteiger partial charge in [-0.15, -0.1) is 16.4 Å². The number of amides is 1. The van der Waals surface area contributed by atoms with Crippen LogP contribution in [0.25, 0.3) is 11.0 Å². The quantitative estimate of drug-likeness (QED) is 0.806. The van der Waals surface area contributed by atoms with Crippen molar-refractivity contribution in [2.75, 3.05) is 0 Å². The molecule has 0 aliphatic rings. The van der Waals surface area contributed by atoms with Crippen LogP contribution >= 0.6 is 11.3 Å². The first-order valence-electron chi connectivity index (χ1n) is 6.83. The van der Waals surface area contributed by atoms with Crippen molar-refractivity contribution in [3.05, 3.63) is 45.6 Å². The molecule has 0 atom stereocenters. The minimum atomic E-state index is -0.0873. The Morgan fingerprint density at radius 2 is 2.24 bits per heavy atom. The van der Waals surface area contributed by atoms with Crippen molar-refractivity contribution in [3.8, 4) is 0 Å². The van der Waals surface area contributed by atoms with Crippen molar-refractivity contribution in [2.45, 2.75) is 26.9 Å². The summed E-state index contributed by atoms with van der Waals surface area (Å²) in [6.45, 7) is 5.38. The highest BCUT2D eigenvalue weighted by Crippen LogP contribution is 2.16. The molecule has 0 fully saturated rings. The lowest BCUT2D eigenvalue weighted by Crippen LogP contribution is -2.22. The van der Waals surface area contributed by atoms with Crippen LogP contribution in [0.1, 0.15) is 27.7 Å². The van der Waals surface area contributed by atoms with Crippen molar-refractivity contribution in [3.63, 3.8) is 0 Å². The minimum absolute atomic E-state index is 0.0873. The Hall–Kier alpha value is -2.21. The average molecular weight is 300 g/mol. The van der Waals surface area contributed by atoms with Gasteiger partial charge in [0.25, 0.3) is 5.91 Å². The number of fused-ring (bicyclic) bond motifs is 1. The first-order chi connectivity index (χ1) is 10.2. The van der Waals surface area contributed by atoms with Crippen LogP contribution in [0.3, 0.4) is 0 Å². The van der Waals surface area contributed by atoms with Crippen LogP contribution in [0, 0.1) is 6.92 Å². The number of carbonyl (C=O) groups excluding carboxylic acids is 1. The molecule has 0 aliphatic carbocycles. The fourth-order valence-corrected chi connectivity index (χ4v) is 3.04. The van der Waals surface area contributed by atoms with Crippen molar-refractivity contribution >= 4 is 28.3 Å². The van der Waals surface area contributed by atoms with E-state index >= 15 is 0 Å². The Morgan fingerprint density at radius 1 is 1.38 bits per heavy atom. The van der Waals surface area contributed by atoms with Gasteiger partial charge in [0, 0.05) is 17.0 Å². The maximum Gasteiger partial charge on any atom is 0.251 e. The second kappa shape index (κ2) is 5.65. The monoisotopic (exact) mass is 300 g/mol. The lowest BCUT2D eigenvalue weighted by Gasteiger charge is -2.05. The standard InChI is InChI=1S/C15H16N4OS/c1-3-19-13-5-4-11(8-12(13)17-18-19)15(20)16-9-14-10(2)6-7-21-14/h4-8H,3,9H2,1-2H3,(H,16,20). The second-order valence-electron chi connectivity index (χ2n) is 4.82. The third kappa shape index (κ3) is 2.67. The highest BCUT2D eigenvalue weighted by Gasteiger charge is 2.10. The lowest BCUT2D eigenvalue weighted by molar-refractivity contribution is 0.0951. The lowest BCUT2D eigenvalue weighted by atomic mass is 10.2. The van der Waals surface area contributed by atoms with Crippen LogP contribution < -0.4 is 5.32 Å². The molecule has 2 aromatic heterocycles. The molecule has 1 N–H and O–H groups in total. The Bertz CT molecular complexity index is 790. The Morgan fingerprint density at radius 3 is 2.95 bits per heavy atom. The molecule has 6 heteroatoms. The van der Waals surface area contributed by atoms with Crippen molar-refractivity contribution in [1.82, 2.24) is 20.3 Å². The highest BCUT2D eigenvalue weighted by atomic mass is 32.1. The number of benzene rings is 1. The highest BCUT2D eigenvalue weighted by molar-refractivity contribution is 7.10. The van der Waals surface area contributed by atoms with Gasteiger partial charge < -0.3 is 5.32 Å². The summed E-state index contributed by atoms with van der Waals surface area (Å²) in [6.07, 6.45) is 0. The van der Waals surface area contributed by atoms with E-state index in [1.165, 1.54) is 10.4 Å². The molecular formula is C15H16N4OS. The molecule has 5 nitrogen and oxygen atoms in total. The molecule has 21 heavy (non-hydrogen) atoms. The maximum atomic E-state index is 12.2. The Balaban J connectivity index is 1.77. The molecule has 2 heterocycles. The van der Waals surface area contributed by atoms with Crippen LogP contribution in [0.2, 0.25) is 0 Å². The van der Waals surface area contributed by atoms with Gasteiger partial charge in [0.2, 0.25) is 0 Å². The van der Waals surface area contributed by atoms with Gasteiger partial charge >= 0.3 is 0 Å². The number of aryl methyl sites for hydroxylation is 2. The van der Waals surface area contributed by atoms with E-state index in [9.17, 15) is 4.79 Å². The van der Waals surface area contributed by atoms with Crippen molar-refractivity contribution in [2.24, 2.45) is 0 Å². The summed E-state index contributed by atoms with van der Waals surface area (Å²) < 4.78 is 1.81. The van der Waals surface area contributed by atoms with Gasteiger partial charge in [0.1, 0.15) is 5.52 Å². The maximum absolute atomic E-state index is 12.2. The summed E-state index contributed by atoms with van der Waals surface area (Å²) in [7, 11) is 0. The zero-order valence-corrected chi connectivity index (χ0v) is 12.8. The fraction of sp³-hybridized carbons (Fsp3) is 0.267. The molecule has 0 bridgehead atoms. The summed E-state index contributed by atoms with van der Waals surface area (Å²) in [5, 5.41) is 13.1. The zero-order valence-electron chi connectivity index (χ0n) is 12.0. The summed E-state index contributed by atoms with van der Waals surface area (Å²) in [5.74, 6) is -0.0873. The molecular weight excluding hydrogens is 284 g/mol. The van der Waals surface area contributed by atoms with Crippen molar-refractivity contribution < 1.29 is 4.79 Å². The molecule has 3 aromatic rings. The fourth-order valence-electron chi connectivity index (χ4n) is 2.19. The number of nitrogens with one attached hydrogen (secondary N) is 1. The SMILES string of the molecule is CCn1nnc2cc(C(=O)NCc3sccc3C)ccc21. The summed E-state index contributed by atoms with van der Waals surface area (Å²) in [6, 6.07) is 7.55. The molecule has 3 rings (SSSR count). The molecule has 1 amide bonds. The van der Waals surface area contributed by atoms with Crippen LogP contribution in [-0.2, 0) is 13.1 Å². The van der Waals surface area contributed by atoms with E-state index in [4.69, 9.17) is 0 Å². The number of hydrogen-bond acceptors (Lipinski definition) is 4. The minimum Gasteiger partial charge on any atom is -0.347 e. The van der Waals surface area contributed by atoms with Crippen LogP contribution in [0.4, 0.5) is 0 Å². The third-order valence-electron chi connectivity index (χ3n) is 3.45. The van der Waals surface area contributed by atoms with Gasteiger partial charge in [-0.05, 0) is 49.1 Å². The van der Waals surface area contributed by atoms with Gasteiger partial charge in [-0.2, -0.15) is 0 Å². The zero-order chi connectivity index (χ0) is 14.8. The van der Waals surface area contributed by atoms with E-state index in [0.717, 1.165) is 17.6 Å². The van der Waals surface area contributed by atoms with E-state index in [1.54, 1.807) is 17.4 Å². The second-order valence-corrected chi connectivity index (χ2v) is 5.82. The van der Waals surface area contributed by atoms with Gasteiger partial charge in [0.15, 0.2) is 0 Å². The number of carbonyl (C=O) groups is 1. The predicted octanol–water partition coefficient (Wildman–Crippen LogP) is 2.75. The first-order valence-corrected chi connectivity index (χ1v) is 7.71. The first kappa shape index (κ1) is 13.8. The number of hydrogen-bond donors (Lipinski definition) is 1. The summed E-state index contributed by atoms with van der Waals surface area (Å²) in [5.41, 5.74) is 3.52. The average Bonchev–Trinajstić information content (AvgIpc) is 3.09. The van der Waals surface area contributed by atoms with Crippen LogP contribution in [0.15, 0.2) is 29.6 Å². The van der Waals surface area contributed by atoms with Gasteiger partial charge in [-0.3, -0.25) is 4.79 Å². The third-order valence-corrected chi connectivity index (χ3v) is 4.48. The molecule has 0 aliphatic heterocycles. The van der Waals surface area contributed by atoms with Crippen LogP contribution in [-0.4, -0.2) is 20.9 Å². The van der Waals surface area contributed by atoms with Crippen molar-refractivity contribution in [1.29, 1.82) is 0 Å². The molecule has 0 radical (unpaired) electrons. The Labute approximate surface area is 126 Å². The van der Waals surface area contributed by atoms with Gasteiger partial charge in [0.05, 0.1) is 12.1 Å². The molecule has 0 unspecified atom stereocenters. The van der Waals surface area contributed by atoms with E-state index in [-0.39, 0.29) is 5.91 Å². The number of aromatic nitrogens is 3. The van der Waals surface area contributed by atoms with E-state index in [0.29, 0.717) is 12.1 Å². The molecule has 1 aromatic carbocycles. The van der Waals surface area contributed by atoms with E-state index in [1.807, 2.05) is 36.0 Å². The Kier molecular flexibility index (Phi) is 3.70. The summed E-state index contributed by atoms with van der Waals surface area (Å²) in [4.78, 5) is 13.4. The van der Waals surface area contributed by atoms with E-state index < -0.39 is 0 Å². The summed E-state index contributed by atoms with van der Waals surface area (Å²) >= 11 is 1.66. The largest absolute Gasteiger partial charge is 0.347 e. The molecule has 108 valence electrons.